The zero-order chi connectivity index (χ0) is 22.8. The second kappa shape index (κ2) is 8.74. The highest BCUT2D eigenvalue weighted by atomic mass is 19.1. The summed E-state index contributed by atoms with van der Waals surface area (Å²) in [5.74, 6) is -3.64. The van der Waals surface area contributed by atoms with Crippen LogP contribution in [0, 0.1) is 11.6 Å². The highest BCUT2D eigenvalue weighted by Crippen LogP contribution is 2.23. The second-order valence-electron chi connectivity index (χ2n) is 7.79. The van der Waals surface area contributed by atoms with E-state index in [2.05, 4.69) is 10.6 Å². The van der Waals surface area contributed by atoms with E-state index in [-0.39, 0.29) is 22.9 Å². The van der Waals surface area contributed by atoms with Crippen LogP contribution in [0.1, 0.15) is 38.3 Å². The third-order valence-electron chi connectivity index (χ3n) is 5.60. The Balaban J connectivity index is 1.53. The number of pyridine rings is 1. The third kappa shape index (κ3) is 4.30. The summed E-state index contributed by atoms with van der Waals surface area (Å²) >= 11 is 0. The summed E-state index contributed by atoms with van der Waals surface area (Å²) in [4.78, 5) is 37.3. The molecule has 2 amide bonds. The summed E-state index contributed by atoms with van der Waals surface area (Å²) in [6.45, 7) is 0. The lowest BCUT2D eigenvalue weighted by molar-refractivity contribution is 0.0928. The first kappa shape index (κ1) is 21.4. The Morgan fingerprint density at radius 1 is 0.969 bits per heavy atom. The summed E-state index contributed by atoms with van der Waals surface area (Å²) in [6, 6.07) is 12.0. The van der Waals surface area contributed by atoms with Crippen molar-refractivity contribution in [2.45, 2.75) is 25.3 Å². The number of hydrogen-bond acceptors (Lipinski definition) is 3. The van der Waals surface area contributed by atoms with E-state index in [1.54, 1.807) is 0 Å². The van der Waals surface area contributed by atoms with Gasteiger partial charge < -0.3 is 15.2 Å². The van der Waals surface area contributed by atoms with Gasteiger partial charge in [-0.15, -0.1) is 0 Å². The van der Waals surface area contributed by atoms with E-state index in [0.717, 1.165) is 18.1 Å². The molecule has 1 atom stereocenters. The number of carbonyl (C=O) groups is 2. The Morgan fingerprint density at radius 3 is 2.50 bits per heavy atom. The van der Waals surface area contributed by atoms with Gasteiger partial charge >= 0.3 is 0 Å². The van der Waals surface area contributed by atoms with Crippen LogP contribution >= 0.6 is 0 Å². The summed E-state index contributed by atoms with van der Waals surface area (Å²) in [5.41, 5.74) is 0.806. The number of benzene rings is 2. The molecule has 4 rings (SSSR count). The molecule has 0 spiro atoms. The Labute approximate surface area is 182 Å². The molecule has 0 radical (unpaired) electrons. The number of anilines is 1. The number of nitrogens with zero attached hydrogens (tertiary/aromatic N) is 1. The predicted octanol–water partition coefficient (Wildman–Crippen LogP) is 3.20. The largest absolute Gasteiger partial charge is 0.349 e. The molecule has 0 aliphatic heterocycles. The molecule has 3 aromatic rings. The van der Waals surface area contributed by atoms with Crippen LogP contribution in [-0.4, -0.2) is 22.4 Å². The van der Waals surface area contributed by atoms with Gasteiger partial charge in [0.1, 0.15) is 17.2 Å². The van der Waals surface area contributed by atoms with Crippen molar-refractivity contribution >= 4 is 17.5 Å². The summed E-state index contributed by atoms with van der Waals surface area (Å²) in [6.07, 6.45) is 3.59. The Morgan fingerprint density at radius 2 is 1.72 bits per heavy atom. The maximum atomic E-state index is 14.4. The van der Waals surface area contributed by atoms with Crippen LogP contribution in [0.3, 0.4) is 0 Å². The topological polar surface area (TPSA) is 80.2 Å². The summed E-state index contributed by atoms with van der Waals surface area (Å²) < 4.78 is 29.9. The number of fused-ring (bicyclic) bond motifs is 1. The van der Waals surface area contributed by atoms with Crippen molar-refractivity contribution in [2.75, 3.05) is 5.32 Å². The first-order chi connectivity index (χ1) is 15.3. The number of aromatic nitrogens is 1. The molecule has 2 aromatic carbocycles. The van der Waals surface area contributed by atoms with Gasteiger partial charge in [0, 0.05) is 25.4 Å². The molecule has 2 N–H and O–H groups in total. The molecule has 0 fully saturated rings. The van der Waals surface area contributed by atoms with Crippen molar-refractivity contribution in [3.8, 4) is 0 Å². The van der Waals surface area contributed by atoms with Crippen molar-refractivity contribution < 1.29 is 18.4 Å². The number of rotatable bonds is 4. The van der Waals surface area contributed by atoms with Crippen molar-refractivity contribution in [3.05, 3.63) is 99.0 Å². The van der Waals surface area contributed by atoms with E-state index in [0.29, 0.717) is 18.9 Å². The zero-order valence-electron chi connectivity index (χ0n) is 17.3. The van der Waals surface area contributed by atoms with Gasteiger partial charge in [0.15, 0.2) is 0 Å². The lowest BCUT2D eigenvalue weighted by atomic mass is 9.88. The minimum Gasteiger partial charge on any atom is -0.349 e. The molecule has 1 aromatic heterocycles. The molecule has 164 valence electrons. The fourth-order valence-corrected chi connectivity index (χ4v) is 3.86. The number of halogens is 2. The number of nitrogens with one attached hydrogen (secondary N) is 2. The fourth-order valence-electron chi connectivity index (χ4n) is 3.86. The van der Waals surface area contributed by atoms with Crippen molar-refractivity contribution in [1.29, 1.82) is 0 Å². The van der Waals surface area contributed by atoms with Crippen LogP contribution in [0.4, 0.5) is 14.5 Å². The van der Waals surface area contributed by atoms with Crippen molar-refractivity contribution in [1.82, 2.24) is 9.88 Å². The van der Waals surface area contributed by atoms with E-state index in [1.807, 2.05) is 24.3 Å². The molecule has 0 bridgehead atoms. The van der Waals surface area contributed by atoms with E-state index in [4.69, 9.17) is 0 Å². The lowest BCUT2D eigenvalue weighted by Crippen LogP contribution is -2.39. The first-order valence-electron chi connectivity index (χ1n) is 10.2. The number of amides is 2. The minimum absolute atomic E-state index is 0.188. The molecule has 0 saturated heterocycles. The standard InChI is InChI=1S/C24H21F2N3O3/c1-29-10-4-7-17(24(29)32)22(30)28-21-12-18(19(25)13-20(21)26)23(31)27-16-9-8-14-5-2-3-6-15(14)11-16/h2-7,10,12-13,16H,8-9,11H2,1H3,(H,27,31)(H,28,30). The Kier molecular flexibility index (Phi) is 5.85. The van der Waals surface area contributed by atoms with E-state index >= 15 is 0 Å². The van der Waals surface area contributed by atoms with Gasteiger partial charge in [-0.2, -0.15) is 0 Å². The van der Waals surface area contributed by atoms with Crippen LogP contribution in [0.25, 0.3) is 0 Å². The van der Waals surface area contributed by atoms with Crippen LogP contribution in [0.5, 0.6) is 0 Å². The molecular formula is C24H21F2N3O3. The average molecular weight is 437 g/mol. The van der Waals surface area contributed by atoms with Gasteiger partial charge in [0.05, 0.1) is 11.3 Å². The molecule has 8 heteroatoms. The van der Waals surface area contributed by atoms with Crippen LogP contribution < -0.4 is 16.2 Å². The molecule has 32 heavy (non-hydrogen) atoms. The van der Waals surface area contributed by atoms with Gasteiger partial charge in [0.2, 0.25) is 0 Å². The SMILES string of the molecule is Cn1cccc(C(=O)Nc2cc(C(=O)NC3CCc4ccccc4C3)c(F)cc2F)c1=O. The Hall–Kier alpha value is -3.81. The third-order valence-corrected chi connectivity index (χ3v) is 5.60. The van der Waals surface area contributed by atoms with Crippen LogP contribution in [0.2, 0.25) is 0 Å². The van der Waals surface area contributed by atoms with E-state index in [1.165, 1.54) is 35.5 Å². The molecule has 0 saturated carbocycles. The minimum atomic E-state index is -1.05. The maximum absolute atomic E-state index is 14.4. The average Bonchev–Trinajstić information content (AvgIpc) is 2.77. The van der Waals surface area contributed by atoms with Crippen LogP contribution in [-0.2, 0) is 19.9 Å². The zero-order valence-corrected chi connectivity index (χ0v) is 17.3. The van der Waals surface area contributed by atoms with Crippen LogP contribution in [0.15, 0.2) is 59.5 Å². The second-order valence-corrected chi connectivity index (χ2v) is 7.79. The van der Waals surface area contributed by atoms with E-state index < -0.39 is 29.0 Å². The lowest BCUT2D eigenvalue weighted by Gasteiger charge is -2.25. The normalized spacial score (nSPS) is 15.0. The molecule has 1 unspecified atom stereocenters. The molecule has 1 heterocycles. The van der Waals surface area contributed by atoms with Gasteiger partial charge in [-0.25, -0.2) is 8.78 Å². The molecule has 1 aliphatic rings. The number of carbonyl (C=O) groups excluding carboxylic acids is 2. The molecule has 6 nitrogen and oxygen atoms in total. The van der Waals surface area contributed by atoms with E-state index in [9.17, 15) is 23.2 Å². The van der Waals surface area contributed by atoms with Crippen molar-refractivity contribution in [2.24, 2.45) is 7.05 Å². The van der Waals surface area contributed by atoms with Gasteiger partial charge in [-0.3, -0.25) is 14.4 Å². The maximum Gasteiger partial charge on any atom is 0.263 e. The quantitative estimate of drug-likeness (QED) is 0.658. The summed E-state index contributed by atoms with van der Waals surface area (Å²) in [7, 11) is 1.48. The first-order valence-corrected chi connectivity index (χ1v) is 10.2. The predicted molar refractivity (Wildman–Crippen MR) is 116 cm³/mol. The van der Waals surface area contributed by atoms with Crippen molar-refractivity contribution in [3.63, 3.8) is 0 Å². The molecular weight excluding hydrogens is 416 g/mol. The fraction of sp³-hybridized carbons (Fsp3) is 0.208. The highest BCUT2D eigenvalue weighted by molar-refractivity contribution is 6.05. The smallest absolute Gasteiger partial charge is 0.263 e. The van der Waals surface area contributed by atoms with Gasteiger partial charge in [-0.05, 0) is 48.6 Å². The Bertz CT molecular complexity index is 1270. The van der Waals surface area contributed by atoms with Gasteiger partial charge in [0.25, 0.3) is 17.4 Å². The van der Waals surface area contributed by atoms with Gasteiger partial charge in [-0.1, -0.05) is 24.3 Å². The highest BCUT2D eigenvalue weighted by Gasteiger charge is 2.23. The number of aryl methyl sites for hydroxylation is 2. The summed E-state index contributed by atoms with van der Waals surface area (Å²) in [5, 5.41) is 5.06. The molecule has 1 aliphatic carbocycles. The number of hydrogen-bond donors (Lipinski definition) is 2. The monoisotopic (exact) mass is 437 g/mol.